The predicted molar refractivity (Wildman–Crippen MR) is 105 cm³/mol. The highest BCUT2D eigenvalue weighted by atomic mass is 35.5. The molecule has 0 amide bonds. The number of fused-ring (bicyclic) bond motifs is 1. The molecular formula is C19H18ClN3O4. The lowest BCUT2D eigenvalue weighted by atomic mass is 10.2. The molecule has 8 heteroatoms. The van der Waals surface area contributed by atoms with Crippen LogP contribution in [0.5, 0.6) is 11.5 Å². The molecule has 0 atom stereocenters. The Morgan fingerprint density at radius 2 is 2.07 bits per heavy atom. The summed E-state index contributed by atoms with van der Waals surface area (Å²) in [5.41, 5.74) is 1.80. The molecule has 0 saturated heterocycles. The van der Waals surface area contributed by atoms with Gasteiger partial charge in [-0.25, -0.2) is 9.97 Å². The van der Waals surface area contributed by atoms with E-state index in [0.717, 1.165) is 0 Å². The number of phenolic OH excluding ortho intramolecular Hbond substituents is 1. The summed E-state index contributed by atoms with van der Waals surface area (Å²) >= 11 is 6.31. The fourth-order valence-electron chi connectivity index (χ4n) is 2.39. The second kappa shape index (κ2) is 9.05. The van der Waals surface area contributed by atoms with Crippen LogP contribution < -0.4 is 10.1 Å². The molecule has 0 saturated carbocycles. The van der Waals surface area contributed by atoms with E-state index >= 15 is 0 Å². The first-order valence-corrected chi connectivity index (χ1v) is 8.13. The van der Waals surface area contributed by atoms with Gasteiger partial charge >= 0.3 is 0 Å². The average molecular weight is 388 g/mol. The molecule has 0 aliphatic rings. The van der Waals surface area contributed by atoms with Crippen LogP contribution in [0.3, 0.4) is 0 Å². The van der Waals surface area contributed by atoms with Gasteiger partial charge in [-0.2, -0.15) is 0 Å². The van der Waals surface area contributed by atoms with Crippen molar-refractivity contribution in [1.29, 1.82) is 0 Å². The number of hydrogen-bond donors (Lipinski definition) is 2. The Kier molecular flexibility index (Phi) is 6.79. The average Bonchev–Trinajstić information content (AvgIpc) is 2.64. The summed E-state index contributed by atoms with van der Waals surface area (Å²) in [5.74, 6) is 3.33. The van der Waals surface area contributed by atoms with E-state index in [9.17, 15) is 5.11 Å². The summed E-state index contributed by atoms with van der Waals surface area (Å²) in [5, 5.41) is 14.4. The smallest absolute Gasteiger partial charge is 0.163 e. The molecule has 0 aliphatic carbocycles. The first-order chi connectivity index (χ1) is 12.6. The largest absolute Gasteiger partial charge is 0.504 e. The highest BCUT2D eigenvalue weighted by Gasteiger charge is 2.12. The molecule has 0 fully saturated rings. The van der Waals surface area contributed by atoms with Crippen molar-refractivity contribution in [3.8, 4) is 23.8 Å². The van der Waals surface area contributed by atoms with E-state index in [0.29, 0.717) is 52.0 Å². The van der Waals surface area contributed by atoms with Gasteiger partial charge in [-0.1, -0.05) is 23.6 Å². The van der Waals surface area contributed by atoms with Crippen LogP contribution in [0.15, 0.2) is 36.7 Å². The van der Waals surface area contributed by atoms with Crippen molar-refractivity contribution in [2.75, 3.05) is 25.6 Å². The summed E-state index contributed by atoms with van der Waals surface area (Å²) in [6.45, 7) is 0.734. The molecule has 27 heavy (non-hydrogen) atoms. The normalized spacial score (nSPS) is 10.1. The van der Waals surface area contributed by atoms with Gasteiger partial charge in [0.15, 0.2) is 11.5 Å². The van der Waals surface area contributed by atoms with Crippen LogP contribution in [0.25, 0.3) is 10.9 Å². The van der Waals surface area contributed by atoms with E-state index in [1.54, 1.807) is 37.4 Å². The number of rotatable bonds is 6. The second-order valence-electron chi connectivity index (χ2n) is 5.34. The van der Waals surface area contributed by atoms with E-state index in [-0.39, 0.29) is 11.2 Å². The Morgan fingerprint density at radius 3 is 2.81 bits per heavy atom. The summed E-state index contributed by atoms with van der Waals surface area (Å²) < 4.78 is 10.4. The van der Waals surface area contributed by atoms with Gasteiger partial charge in [-0.15, -0.1) is 6.42 Å². The maximum atomic E-state index is 10.2. The third kappa shape index (κ3) is 4.38. The van der Waals surface area contributed by atoms with Crippen LogP contribution in [0.4, 0.5) is 11.5 Å². The van der Waals surface area contributed by atoms with Gasteiger partial charge in [0.2, 0.25) is 0 Å². The lowest BCUT2D eigenvalue weighted by molar-refractivity contribution is 0.144. The zero-order chi connectivity index (χ0) is 18.5. The van der Waals surface area contributed by atoms with E-state index in [1.165, 1.54) is 6.33 Å². The summed E-state index contributed by atoms with van der Waals surface area (Å²) in [7, 11) is 1.58. The lowest BCUT2D eigenvalue weighted by Gasteiger charge is -2.13. The van der Waals surface area contributed by atoms with E-state index in [1.807, 2.05) is 0 Å². The van der Waals surface area contributed by atoms with Gasteiger partial charge in [0.1, 0.15) is 18.8 Å². The van der Waals surface area contributed by atoms with E-state index < -0.39 is 0 Å². The zero-order valence-corrected chi connectivity index (χ0v) is 15.2. The molecule has 4 N–H and O–H groups in total. The van der Waals surface area contributed by atoms with Crippen LogP contribution in [-0.4, -0.2) is 40.9 Å². The van der Waals surface area contributed by atoms with Gasteiger partial charge in [-0.3, -0.25) is 0 Å². The van der Waals surface area contributed by atoms with Gasteiger partial charge in [0.05, 0.1) is 22.8 Å². The molecule has 0 aliphatic heterocycles. The molecule has 3 rings (SSSR count). The van der Waals surface area contributed by atoms with Crippen molar-refractivity contribution in [3.63, 3.8) is 0 Å². The van der Waals surface area contributed by atoms with Crippen LogP contribution in [0.2, 0.25) is 5.02 Å². The molecule has 0 bridgehead atoms. The molecule has 0 radical (unpaired) electrons. The monoisotopic (exact) mass is 387 g/mol. The molecule has 140 valence electrons. The van der Waals surface area contributed by atoms with Crippen LogP contribution in [0, 0.1) is 12.3 Å². The molecule has 0 spiro atoms. The number of aromatic hydroxyl groups is 1. The first-order valence-electron chi connectivity index (χ1n) is 7.75. The number of hydrogen-bond acceptors (Lipinski definition) is 6. The van der Waals surface area contributed by atoms with Crippen LogP contribution in [-0.2, 0) is 4.74 Å². The van der Waals surface area contributed by atoms with Crippen LogP contribution >= 0.6 is 11.6 Å². The lowest BCUT2D eigenvalue weighted by Crippen LogP contribution is -2.04. The number of anilines is 2. The Labute approximate surface area is 161 Å². The van der Waals surface area contributed by atoms with E-state index in [4.69, 9.17) is 27.5 Å². The van der Waals surface area contributed by atoms with Crippen molar-refractivity contribution in [3.05, 3.63) is 47.2 Å². The number of halogens is 1. The zero-order valence-electron chi connectivity index (χ0n) is 14.5. The number of phenols is 1. The standard InChI is InChI=1S/C19H16ClN3O3.H2O/c1-3-12-5-4-6-14(18(12)20)23-19-13-9-16(24)17(26-8-7-25-2)10-15(13)21-11-22-19;/h1,4-6,9-11,24H,7-8H2,2H3,(H,21,22,23);1H2. The second-order valence-corrected chi connectivity index (χ2v) is 5.72. The number of aromatic nitrogens is 2. The minimum absolute atomic E-state index is 0. The highest BCUT2D eigenvalue weighted by molar-refractivity contribution is 6.34. The number of nitrogens with one attached hydrogen (secondary N) is 1. The van der Waals surface area contributed by atoms with E-state index in [2.05, 4.69) is 21.2 Å². The molecule has 3 aromatic rings. The fraction of sp³-hybridized carbons (Fsp3) is 0.158. The van der Waals surface area contributed by atoms with Crippen molar-refractivity contribution in [2.24, 2.45) is 0 Å². The molecule has 7 nitrogen and oxygen atoms in total. The molecular weight excluding hydrogens is 370 g/mol. The quantitative estimate of drug-likeness (QED) is 0.497. The van der Waals surface area contributed by atoms with Gasteiger partial charge in [0.25, 0.3) is 0 Å². The molecule has 1 aromatic heterocycles. The van der Waals surface area contributed by atoms with Crippen molar-refractivity contribution < 1.29 is 20.1 Å². The van der Waals surface area contributed by atoms with Gasteiger partial charge in [0, 0.05) is 24.1 Å². The topological polar surface area (TPSA) is 108 Å². The minimum atomic E-state index is -0.0186. The maximum Gasteiger partial charge on any atom is 0.163 e. The maximum absolute atomic E-state index is 10.2. The Bertz CT molecular complexity index is 989. The summed E-state index contributed by atoms with van der Waals surface area (Å²) in [6.07, 6.45) is 6.86. The number of benzene rings is 2. The predicted octanol–water partition coefficient (Wildman–Crippen LogP) is 2.91. The third-order valence-corrected chi connectivity index (χ3v) is 4.08. The van der Waals surface area contributed by atoms with Gasteiger partial charge in [-0.05, 0) is 18.2 Å². The molecule has 2 aromatic carbocycles. The third-order valence-electron chi connectivity index (χ3n) is 3.67. The SMILES string of the molecule is C#Cc1cccc(Nc2ncnc3cc(OCCOC)c(O)cc23)c1Cl.O. The summed E-state index contributed by atoms with van der Waals surface area (Å²) in [4.78, 5) is 8.47. The fourth-order valence-corrected chi connectivity index (χ4v) is 2.62. The van der Waals surface area contributed by atoms with Crippen LogP contribution in [0.1, 0.15) is 5.56 Å². The first kappa shape index (κ1) is 20.3. The number of methoxy groups -OCH3 is 1. The van der Waals surface area contributed by atoms with Crippen molar-refractivity contribution in [2.45, 2.75) is 0 Å². The highest BCUT2D eigenvalue weighted by Crippen LogP contribution is 2.35. The Balaban J connectivity index is 0.00000261. The summed E-state index contributed by atoms with van der Waals surface area (Å²) in [6, 6.07) is 8.53. The number of nitrogens with zero attached hydrogens (tertiary/aromatic N) is 2. The number of ether oxygens (including phenoxy) is 2. The Morgan fingerprint density at radius 1 is 1.26 bits per heavy atom. The minimum Gasteiger partial charge on any atom is -0.504 e. The Hall–Kier alpha value is -3.05. The molecule has 0 unspecified atom stereocenters. The molecule has 1 heterocycles. The number of terminal acetylenes is 1. The van der Waals surface area contributed by atoms with Crippen molar-refractivity contribution >= 4 is 34.0 Å². The van der Waals surface area contributed by atoms with Crippen molar-refractivity contribution in [1.82, 2.24) is 9.97 Å². The van der Waals surface area contributed by atoms with Gasteiger partial charge < -0.3 is 25.4 Å².